The molecule has 0 spiro atoms. The van der Waals surface area contributed by atoms with Gasteiger partial charge in [-0.15, -0.1) is 0 Å². The molecule has 0 aliphatic heterocycles. The maximum Gasteiger partial charge on any atom is 0.332 e. The summed E-state index contributed by atoms with van der Waals surface area (Å²) in [7, 11) is 4.90. The summed E-state index contributed by atoms with van der Waals surface area (Å²) in [4.78, 5) is 30.5. The molecule has 3 rings (SSSR count). The van der Waals surface area contributed by atoms with Gasteiger partial charge in [0.15, 0.2) is 11.2 Å². The Bertz CT molecular complexity index is 1000. The van der Waals surface area contributed by atoms with Crippen molar-refractivity contribution in [3.8, 4) is 0 Å². The zero-order chi connectivity index (χ0) is 18.1. The van der Waals surface area contributed by atoms with E-state index in [-0.39, 0.29) is 6.54 Å². The van der Waals surface area contributed by atoms with Crippen molar-refractivity contribution in [1.29, 1.82) is 0 Å². The van der Waals surface area contributed by atoms with Crippen molar-refractivity contribution in [2.45, 2.75) is 12.6 Å². The second-order valence-corrected chi connectivity index (χ2v) is 6.14. The molecule has 1 atom stereocenters. The second kappa shape index (κ2) is 6.56. The molecule has 1 aromatic carbocycles. The van der Waals surface area contributed by atoms with Crippen LogP contribution in [0.4, 0.5) is 5.69 Å². The van der Waals surface area contributed by atoms with E-state index in [1.165, 1.54) is 17.9 Å². The number of hydrogen-bond acceptors (Lipinski definition) is 5. The molecular formula is C17H21N5O3. The van der Waals surface area contributed by atoms with Gasteiger partial charge in [-0.05, 0) is 12.1 Å². The summed E-state index contributed by atoms with van der Waals surface area (Å²) in [5, 5.41) is 10.4. The van der Waals surface area contributed by atoms with Gasteiger partial charge < -0.3 is 14.6 Å². The fourth-order valence-corrected chi connectivity index (χ4v) is 2.92. The van der Waals surface area contributed by atoms with Crippen molar-refractivity contribution in [3.05, 3.63) is 57.5 Å². The molecule has 0 radical (unpaired) electrons. The van der Waals surface area contributed by atoms with Gasteiger partial charge >= 0.3 is 5.69 Å². The van der Waals surface area contributed by atoms with Gasteiger partial charge in [0.05, 0.1) is 19.0 Å². The number of aliphatic hydroxyl groups excluding tert-OH is 1. The number of aromatic nitrogens is 4. The number of nitrogens with zero attached hydrogens (tertiary/aromatic N) is 5. The molecule has 2 heterocycles. The molecule has 132 valence electrons. The lowest BCUT2D eigenvalue weighted by Gasteiger charge is -2.23. The SMILES string of the molecule is CN(C[C@H](O)Cn1cnc2c1c(=O)n(C)c(=O)n2C)c1ccccc1. The van der Waals surface area contributed by atoms with Crippen LogP contribution in [-0.4, -0.2) is 43.5 Å². The van der Waals surface area contributed by atoms with Crippen LogP contribution in [0.1, 0.15) is 0 Å². The quantitative estimate of drug-likeness (QED) is 0.701. The maximum atomic E-state index is 12.4. The zero-order valence-electron chi connectivity index (χ0n) is 14.5. The monoisotopic (exact) mass is 343 g/mol. The van der Waals surface area contributed by atoms with Crippen LogP contribution in [0, 0.1) is 0 Å². The fraction of sp³-hybridized carbons (Fsp3) is 0.353. The number of anilines is 1. The van der Waals surface area contributed by atoms with Crippen molar-refractivity contribution in [2.24, 2.45) is 14.1 Å². The second-order valence-electron chi connectivity index (χ2n) is 6.14. The number of aryl methyl sites for hydroxylation is 1. The van der Waals surface area contributed by atoms with Crippen molar-refractivity contribution >= 4 is 16.9 Å². The first-order chi connectivity index (χ1) is 11.9. The molecule has 0 aliphatic rings. The van der Waals surface area contributed by atoms with Crippen molar-refractivity contribution in [3.63, 3.8) is 0 Å². The molecule has 8 heteroatoms. The number of aliphatic hydroxyl groups is 1. The molecule has 2 aromatic heterocycles. The molecule has 0 saturated carbocycles. The van der Waals surface area contributed by atoms with Crippen LogP contribution >= 0.6 is 0 Å². The van der Waals surface area contributed by atoms with Gasteiger partial charge in [-0.2, -0.15) is 0 Å². The van der Waals surface area contributed by atoms with Crippen molar-refractivity contribution < 1.29 is 5.11 Å². The summed E-state index contributed by atoms with van der Waals surface area (Å²) in [6.07, 6.45) is 0.779. The highest BCUT2D eigenvalue weighted by molar-refractivity contribution is 5.69. The largest absolute Gasteiger partial charge is 0.389 e. The van der Waals surface area contributed by atoms with Crippen LogP contribution in [0.5, 0.6) is 0 Å². The van der Waals surface area contributed by atoms with Crippen LogP contribution in [0.25, 0.3) is 11.2 Å². The first-order valence-electron chi connectivity index (χ1n) is 7.95. The summed E-state index contributed by atoms with van der Waals surface area (Å²) in [6.45, 7) is 0.608. The first kappa shape index (κ1) is 17.0. The van der Waals surface area contributed by atoms with Gasteiger partial charge in [0.25, 0.3) is 5.56 Å². The lowest BCUT2D eigenvalue weighted by atomic mass is 10.2. The van der Waals surface area contributed by atoms with Crippen LogP contribution in [0.3, 0.4) is 0 Å². The van der Waals surface area contributed by atoms with E-state index in [9.17, 15) is 14.7 Å². The predicted octanol–water partition coefficient (Wildman–Crippen LogP) is -0.0690. The number of likely N-dealkylation sites (N-methyl/N-ethyl adjacent to an activating group) is 1. The minimum atomic E-state index is -0.704. The lowest BCUT2D eigenvalue weighted by Crippen LogP contribution is -2.38. The number of rotatable bonds is 5. The van der Waals surface area contributed by atoms with E-state index in [1.807, 2.05) is 42.3 Å². The third-order valence-electron chi connectivity index (χ3n) is 4.31. The highest BCUT2D eigenvalue weighted by Gasteiger charge is 2.17. The van der Waals surface area contributed by atoms with Crippen LogP contribution in [0.15, 0.2) is 46.2 Å². The van der Waals surface area contributed by atoms with Gasteiger partial charge in [-0.25, -0.2) is 9.78 Å². The van der Waals surface area contributed by atoms with Crippen molar-refractivity contribution in [1.82, 2.24) is 18.7 Å². The summed E-state index contributed by atoms with van der Waals surface area (Å²) in [5.74, 6) is 0. The normalized spacial score (nSPS) is 12.5. The van der Waals surface area contributed by atoms with Gasteiger partial charge in [0.2, 0.25) is 0 Å². The van der Waals surface area contributed by atoms with E-state index in [2.05, 4.69) is 4.98 Å². The Labute approximate surface area is 144 Å². The standard InChI is InChI=1S/C17H21N5O3/c1-19(12-7-5-4-6-8-12)9-13(23)10-22-11-18-15-14(22)16(24)21(3)17(25)20(15)2/h4-8,11,13,23H,9-10H2,1-3H3/t13-/m0/s1. The topological polar surface area (TPSA) is 85.3 Å². The van der Waals surface area contributed by atoms with Crippen LogP contribution in [-0.2, 0) is 20.6 Å². The molecule has 0 bridgehead atoms. The Balaban J connectivity index is 1.86. The Morgan fingerprint density at radius 3 is 2.52 bits per heavy atom. The van der Waals surface area contributed by atoms with E-state index in [4.69, 9.17) is 0 Å². The summed E-state index contributed by atoms with van der Waals surface area (Å²) in [5.41, 5.74) is 0.782. The first-order valence-corrected chi connectivity index (χ1v) is 7.95. The highest BCUT2D eigenvalue weighted by Crippen LogP contribution is 2.12. The average Bonchev–Trinajstić information content (AvgIpc) is 3.02. The molecule has 8 nitrogen and oxygen atoms in total. The minimum absolute atomic E-state index is 0.209. The summed E-state index contributed by atoms with van der Waals surface area (Å²) in [6, 6.07) is 9.73. The number of hydrogen-bond donors (Lipinski definition) is 1. The van der Waals surface area contributed by atoms with Gasteiger partial charge in [-0.3, -0.25) is 13.9 Å². The Kier molecular flexibility index (Phi) is 4.45. The van der Waals surface area contributed by atoms with Crippen molar-refractivity contribution in [2.75, 3.05) is 18.5 Å². The molecule has 0 unspecified atom stereocenters. The molecule has 0 aliphatic carbocycles. The average molecular weight is 343 g/mol. The zero-order valence-corrected chi connectivity index (χ0v) is 14.5. The number of benzene rings is 1. The van der Waals surface area contributed by atoms with E-state index < -0.39 is 17.4 Å². The maximum absolute atomic E-state index is 12.4. The molecule has 0 saturated heterocycles. The number of fused-ring (bicyclic) bond motifs is 1. The smallest absolute Gasteiger partial charge is 0.332 e. The molecule has 3 aromatic rings. The van der Waals surface area contributed by atoms with Gasteiger partial charge in [0.1, 0.15) is 0 Å². The minimum Gasteiger partial charge on any atom is -0.389 e. The Morgan fingerprint density at radius 1 is 1.16 bits per heavy atom. The van der Waals surface area contributed by atoms with Gasteiger partial charge in [0, 0.05) is 33.4 Å². The van der Waals surface area contributed by atoms with Gasteiger partial charge in [-0.1, -0.05) is 18.2 Å². The summed E-state index contributed by atoms with van der Waals surface area (Å²) < 4.78 is 3.97. The number of para-hydroxylation sites is 1. The lowest BCUT2D eigenvalue weighted by molar-refractivity contribution is 0.162. The van der Waals surface area contributed by atoms with E-state index in [0.29, 0.717) is 17.7 Å². The third kappa shape index (κ3) is 3.08. The third-order valence-corrected chi connectivity index (χ3v) is 4.31. The predicted molar refractivity (Wildman–Crippen MR) is 95.9 cm³/mol. The Hall–Kier alpha value is -2.87. The molecule has 0 fully saturated rings. The summed E-state index contributed by atoms with van der Waals surface area (Å²) >= 11 is 0. The van der Waals surface area contributed by atoms with E-state index in [1.54, 1.807) is 11.6 Å². The number of imidazole rings is 1. The van der Waals surface area contributed by atoms with Crippen LogP contribution < -0.4 is 16.1 Å². The molecule has 1 N–H and O–H groups in total. The molecular weight excluding hydrogens is 322 g/mol. The highest BCUT2D eigenvalue weighted by atomic mass is 16.3. The van der Waals surface area contributed by atoms with E-state index in [0.717, 1.165) is 10.3 Å². The van der Waals surface area contributed by atoms with E-state index >= 15 is 0 Å². The Morgan fingerprint density at radius 2 is 1.84 bits per heavy atom. The molecule has 0 amide bonds. The fourth-order valence-electron chi connectivity index (χ4n) is 2.92. The molecule has 25 heavy (non-hydrogen) atoms. The van der Waals surface area contributed by atoms with Crippen LogP contribution in [0.2, 0.25) is 0 Å².